The number of likely N-dealkylation sites (tertiary alicyclic amines) is 1. The second-order valence-electron chi connectivity index (χ2n) is 6.24. The van der Waals surface area contributed by atoms with E-state index >= 15 is 0 Å². The normalized spacial score (nSPS) is 19.0. The third kappa shape index (κ3) is 6.43. The number of nitrogens with one attached hydrogen (secondary N) is 1. The zero-order valence-corrected chi connectivity index (χ0v) is 14.6. The van der Waals surface area contributed by atoms with Gasteiger partial charge in [0.1, 0.15) is 0 Å². The van der Waals surface area contributed by atoms with Gasteiger partial charge < -0.3 is 15.0 Å². The molecule has 0 radical (unpaired) electrons. The Labute approximate surface area is 146 Å². The highest BCUT2D eigenvalue weighted by atomic mass is 19.4. The molecule has 5 nitrogen and oxygen atoms in total. The van der Waals surface area contributed by atoms with Gasteiger partial charge in [0.25, 0.3) is 0 Å². The van der Waals surface area contributed by atoms with Crippen molar-refractivity contribution in [2.45, 2.75) is 39.4 Å². The largest absolute Gasteiger partial charge is 0.468 e. The minimum atomic E-state index is -4.39. The molecule has 1 fully saturated rings. The summed E-state index contributed by atoms with van der Waals surface area (Å²) in [4.78, 5) is 10.7. The fourth-order valence-electron chi connectivity index (χ4n) is 2.79. The van der Waals surface area contributed by atoms with Crippen LogP contribution in [0, 0.1) is 5.92 Å². The van der Waals surface area contributed by atoms with Crippen LogP contribution < -0.4 is 10.1 Å². The molecule has 2 rings (SSSR count). The standard InChI is InChI=1S/C17H25F3N4O/c1-3-21-16(24-9-5-6-13(2)11-24)23-10-14-7-4-8-22-15(14)25-12-17(18,19)20/h4,7-8,13H,3,5-6,9-12H2,1-2H3,(H,21,23). The number of aromatic nitrogens is 1. The number of ether oxygens (including phenoxy) is 1. The summed E-state index contributed by atoms with van der Waals surface area (Å²) in [6.07, 6.45) is -0.667. The first-order valence-corrected chi connectivity index (χ1v) is 8.55. The van der Waals surface area contributed by atoms with Gasteiger partial charge in [-0.2, -0.15) is 13.2 Å². The number of rotatable bonds is 5. The van der Waals surface area contributed by atoms with E-state index in [1.807, 2.05) is 6.92 Å². The minimum absolute atomic E-state index is 0.0218. The van der Waals surface area contributed by atoms with E-state index in [0.29, 0.717) is 11.5 Å². The molecule has 0 aliphatic carbocycles. The Morgan fingerprint density at radius 3 is 2.96 bits per heavy atom. The number of hydrogen-bond acceptors (Lipinski definition) is 3. The summed E-state index contributed by atoms with van der Waals surface area (Å²) in [7, 11) is 0. The summed E-state index contributed by atoms with van der Waals surface area (Å²) in [5, 5.41) is 3.25. The molecule has 1 atom stereocenters. The molecule has 140 valence electrons. The van der Waals surface area contributed by atoms with Gasteiger partial charge >= 0.3 is 6.18 Å². The van der Waals surface area contributed by atoms with Crippen LogP contribution in [0.1, 0.15) is 32.3 Å². The van der Waals surface area contributed by atoms with Crippen LogP contribution in [-0.2, 0) is 6.54 Å². The zero-order valence-electron chi connectivity index (χ0n) is 14.6. The fourth-order valence-corrected chi connectivity index (χ4v) is 2.79. The van der Waals surface area contributed by atoms with Gasteiger partial charge in [0.2, 0.25) is 5.88 Å². The average molecular weight is 358 g/mol. The monoisotopic (exact) mass is 358 g/mol. The number of guanidine groups is 1. The lowest BCUT2D eigenvalue weighted by atomic mass is 10.0. The highest BCUT2D eigenvalue weighted by molar-refractivity contribution is 5.80. The van der Waals surface area contributed by atoms with E-state index in [-0.39, 0.29) is 12.4 Å². The first kappa shape index (κ1) is 19.3. The summed E-state index contributed by atoms with van der Waals surface area (Å²) in [6, 6.07) is 3.35. The van der Waals surface area contributed by atoms with Gasteiger partial charge in [-0.05, 0) is 31.7 Å². The van der Waals surface area contributed by atoms with Crippen molar-refractivity contribution in [1.82, 2.24) is 15.2 Å². The first-order valence-electron chi connectivity index (χ1n) is 8.55. The predicted molar refractivity (Wildman–Crippen MR) is 90.6 cm³/mol. The third-order valence-corrected chi connectivity index (χ3v) is 3.91. The van der Waals surface area contributed by atoms with Gasteiger partial charge in [-0.15, -0.1) is 0 Å². The molecule has 8 heteroatoms. The van der Waals surface area contributed by atoms with Crippen molar-refractivity contribution in [3.05, 3.63) is 23.9 Å². The van der Waals surface area contributed by atoms with Crippen molar-refractivity contribution in [3.63, 3.8) is 0 Å². The quantitative estimate of drug-likeness (QED) is 0.649. The molecule has 1 aromatic heterocycles. The molecule has 0 saturated carbocycles. The van der Waals surface area contributed by atoms with E-state index in [1.165, 1.54) is 12.6 Å². The maximum atomic E-state index is 12.4. The van der Waals surface area contributed by atoms with Crippen molar-refractivity contribution in [2.24, 2.45) is 10.9 Å². The van der Waals surface area contributed by atoms with Gasteiger partial charge in [-0.25, -0.2) is 9.98 Å². The van der Waals surface area contributed by atoms with Crippen LogP contribution in [0.15, 0.2) is 23.3 Å². The van der Waals surface area contributed by atoms with E-state index in [0.717, 1.165) is 32.0 Å². The smallest absolute Gasteiger partial charge is 0.422 e. The van der Waals surface area contributed by atoms with Gasteiger partial charge in [-0.3, -0.25) is 0 Å². The molecule has 1 saturated heterocycles. The van der Waals surface area contributed by atoms with Crippen LogP contribution in [-0.4, -0.2) is 48.3 Å². The highest BCUT2D eigenvalue weighted by Crippen LogP contribution is 2.21. The topological polar surface area (TPSA) is 49.8 Å². The number of alkyl halides is 3. The molecule has 1 aliphatic rings. The van der Waals surface area contributed by atoms with E-state index in [4.69, 9.17) is 4.74 Å². The van der Waals surface area contributed by atoms with Crippen molar-refractivity contribution < 1.29 is 17.9 Å². The number of halogens is 3. The number of pyridine rings is 1. The van der Waals surface area contributed by atoms with Gasteiger partial charge in [0.05, 0.1) is 6.54 Å². The van der Waals surface area contributed by atoms with Crippen molar-refractivity contribution in [1.29, 1.82) is 0 Å². The summed E-state index contributed by atoms with van der Waals surface area (Å²) in [5.41, 5.74) is 0.534. The lowest BCUT2D eigenvalue weighted by molar-refractivity contribution is -0.154. The van der Waals surface area contributed by atoms with Crippen molar-refractivity contribution in [2.75, 3.05) is 26.2 Å². The van der Waals surface area contributed by atoms with Crippen molar-refractivity contribution >= 4 is 5.96 Å². The molecule has 1 unspecified atom stereocenters. The fraction of sp³-hybridized carbons (Fsp3) is 0.647. The van der Waals surface area contributed by atoms with E-state index < -0.39 is 12.8 Å². The third-order valence-electron chi connectivity index (χ3n) is 3.91. The van der Waals surface area contributed by atoms with Crippen LogP contribution in [0.2, 0.25) is 0 Å². The van der Waals surface area contributed by atoms with Gasteiger partial charge in [0, 0.05) is 31.4 Å². The second-order valence-corrected chi connectivity index (χ2v) is 6.24. The van der Waals surface area contributed by atoms with E-state index in [9.17, 15) is 13.2 Å². The number of nitrogens with zero attached hydrogens (tertiary/aromatic N) is 3. The first-order chi connectivity index (χ1) is 11.9. The molecule has 1 aromatic rings. The lowest BCUT2D eigenvalue weighted by Gasteiger charge is -2.33. The number of aliphatic imine (C=N–C) groups is 1. The summed E-state index contributed by atoms with van der Waals surface area (Å²) >= 11 is 0. The maximum absolute atomic E-state index is 12.4. The van der Waals surface area contributed by atoms with Crippen LogP contribution in [0.25, 0.3) is 0 Å². The second kappa shape index (κ2) is 8.92. The predicted octanol–water partition coefficient (Wildman–Crippen LogP) is 3.22. The van der Waals surface area contributed by atoms with E-state index in [1.54, 1.807) is 12.1 Å². The summed E-state index contributed by atoms with van der Waals surface area (Å²) < 4.78 is 41.9. The summed E-state index contributed by atoms with van der Waals surface area (Å²) in [5.74, 6) is 1.35. The Morgan fingerprint density at radius 2 is 2.28 bits per heavy atom. The Kier molecular flexibility index (Phi) is 6.90. The van der Waals surface area contributed by atoms with Crippen LogP contribution in [0.3, 0.4) is 0 Å². The Hall–Kier alpha value is -1.99. The molecular weight excluding hydrogens is 333 g/mol. The van der Waals surface area contributed by atoms with Crippen LogP contribution in [0.4, 0.5) is 13.2 Å². The van der Waals surface area contributed by atoms with E-state index in [2.05, 4.69) is 27.1 Å². The minimum Gasteiger partial charge on any atom is -0.468 e. The van der Waals surface area contributed by atoms with Crippen LogP contribution >= 0.6 is 0 Å². The Bertz CT molecular complexity index is 577. The molecule has 1 aliphatic heterocycles. The number of hydrogen-bond donors (Lipinski definition) is 1. The molecule has 0 aromatic carbocycles. The molecule has 2 heterocycles. The zero-order chi connectivity index (χ0) is 18.3. The van der Waals surface area contributed by atoms with Crippen LogP contribution in [0.5, 0.6) is 5.88 Å². The van der Waals surface area contributed by atoms with Crippen molar-refractivity contribution in [3.8, 4) is 5.88 Å². The molecule has 0 amide bonds. The van der Waals surface area contributed by atoms with Gasteiger partial charge in [-0.1, -0.05) is 13.0 Å². The molecular formula is C17H25F3N4O. The summed E-state index contributed by atoms with van der Waals surface area (Å²) in [6.45, 7) is 5.65. The van der Waals surface area contributed by atoms with Gasteiger partial charge in [0.15, 0.2) is 12.6 Å². The average Bonchev–Trinajstić information content (AvgIpc) is 2.57. The Morgan fingerprint density at radius 1 is 1.48 bits per heavy atom. The molecule has 25 heavy (non-hydrogen) atoms. The highest BCUT2D eigenvalue weighted by Gasteiger charge is 2.29. The Balaban J connectivity index is 2.09. The molecule has 1 N–H and O–H groups in total. The molecule has 0 bridgehead atoms. The molecule has 0 spiro atoms. The lowest BCUT2D eigenvalue weighted by Crippen LogP contribution is -2.46. The number of piperidine rings is 1. The maximum Gasteiger partial charge on any atom is 0.422 e. The SMILES string of the molecule is CCNC(=NCc1cccnc1OCC(F)(F)F)N1CCCC(C)C1.